The van der Waals surface area contributed by atoms with Crippen molar-refractivity contribution >= 4 is 0 Å². The topological polar surface area (TPSA) is 55.2 Å². The Labute approximate surface area is 125 Å². The van der Waals surface area contributed by atoms with E-state index >= 15 is 0 Å². The number of hydrogen-bond acceptors (Lipinski definition) is 4. The Morgan fingerprint density at radius 2 is 1.90 bits per heavy atom. The van der Waals surface area contributed by atoms with Crippen molar-refractivity contribution in [3.05, 3.63) is 54.1 Å². The molecule has 21 heavy (non-hydrogen) atoms. The fraction of sp³-hybridized carbons (Fsp3) is 0.412. The molecule has 0 fully saturated rings. The minimum Gasteiger partial charge on any atom is -0.497 e. The number of benzene rings is 1. The third-order valence-electron chi connectivity index (χ3n) is 4.05. The van der Waals surface area contributed by atoms with Gasteiger partial charge in [-0.25, -0.2) is 0 Å². The standard InChI is InChI=1S/C17H22N2O2/c1-4-15(16-12-18-10-11-19-16)17(20,5-2)13-6-8-14(21-3)9-7-13/h6-12,15,20H,4-5H2,1-3H3/t15-,17-/m0/s1. The lowest BCUT2D eigenvalue weighted by Crippen LogP contribution is -2.33. The van der Waals surface area contributed by atoms with Crippen molar-refractivity contribution in [2.75, 3.05) is 7.11 Å². The first-order valence-electron chi connectivity index (χ1n) is 7.28. The summed E-state index contributed by atoms with van der Waals surface area (Å²) in [6, 6.07) is 7.58. The average molecular weight is 286 g/mol. The minimum absolute atomic E-state index is 0.0930. The van der Waals surface area contributed by atoms with Gasteiger partial charge < -0.3 is 9.84 Å². The van der Waals surface area contributed by atoms with E-state index in [2.05, 4.69) is 16.9 Å². The number of aliphatic hydroxyl groups is 1. The van der Waals surface area contributed by atoms with Crippen LogP contribution in [-0.4, -0.2) is 22.2 Å². The molecule has 2 rings (SSSR count). The molecule has 0 aliphatic heterocycles. The molecule has 0 amide bonds. The van der Waals surface area contributed by atoms with Crippen LogP contribution in [0.2, 0.25) is 0 Å². The summed E-state index contributed by atoms with van der Waals surface area (Å²) in [6.45, 7) is 4.05. The van der Waals surface area contributed by atoms with Gasteiger partial charge in [0.1, 0.15) is 5.75 Å². The minimum atomic E-state index is -0.961. The monoisotopic (exact) mass is 286 g/mol. The zero-order valence-electron chi connectivity index (χ0n) is 12.8. The van der Waals surface area contributed by atoms with Gasteiger partial charge >= 0.3 is 0 Å². The Morgan fingerprint density at radius 1 is 1.19 bits per heavy atom. The summed E-state index contributed by atoms with van der Waals surface area (Å²) in [5, 5.41) is 11.3. The summed E-state index contributed by atoms with van der Waals surface area (Å²) >= 11 is 0. The molecular formula is C17H22N2O2. The van der Waals surface area contributed by atoms with Crippen LogP contribution in [0, 0.1) is 0 Å². The summed E-state index contributed by atoms with van der Waals surface area (Å²) in [4.78, 5) is 8.50. The predicted octanol–water partition coefficient (Wildman–Crippen LogP) is 3.28. The van der Waals surface area contributed by atoms with Crippen LogP contribution in [0.4, 0.5) is 0 Å². The van der Waals surface area contributed by atoms with Gasteiger partial charge in [-0.15, -0.1) is 0 Å². The third kappa shape index (κ3) is 3.05. The average Bonchev–Trinajstić information content (AvgIpc) is 2.56. The van der Waals surface area contributed by atoms with Gasteiger partial charge in [-0.1, -0.05) is 26.0 Å². The summed E-state index contributed by atoms with van der Waals surface area (Å²) in [5.41, 5.74) is 0.736. The van der Waals surface area contributed by atoms with Crippen molar-refractivity contribution in [1.29, 1.82) is 0 Å². The number of hydrogen-bond donors (Lipinski definition) is 1. The fourth-order valence-corrected chi connectivity index (χ4v) is 2.81. The SMILES string of the molecule is CC[C@@H](c1cnccn1)[C@](O)(CC)c1ccc(OC)cc1. The van der Waals surface area contributed by atoms with Crippen molar-refractivity contribution in [2.45, 2.75) is 38.2 Å². The molecule has 0 unspecified atom stereocenters. The van der Waals surface area contributed by atoms with Crippen LogP contribution >= 0.6 is 0 Å². The van der Waals surface area contributed by atoms with E-state index in [4.69, 9.17) is 4.74 Å². The van der Waals surface area contributed by atoms with Crippen molar-refractivity contribution in [1.82, 2.24) is 9.97 Å². The lowest BCUT2D eigenvalue weighted by atomic mass is 9.76. The summed E-state index contributed by atoms with van der Waals surface area (Å²) in [5.74, 6) is 0.689. The van der Waals surface area contributed by atoms with Crippen LogP contribution in [0.15, 0.2) is 42.9 Å². The van der Waals surface area contributed by atoms with Gasteiger partial charge in [0, 0.05) is 24.5 Å². The molecule has 0 aliphatic rings. The van der Waals surface area contributed by atoms with E-state index in [1.165, 1.54) is 0 Å². The maximum atomic E-state index is 11.3. The number of aromatic nitrogens is 2. The highest BCUT2D eigenvalue weighted by Gasteiger charge is 2.37. The number of nitrogens with zero attached hydrogens (tertiary/aromatic N) is 2. The van der Waals surface area contributed by atoms with E-state index in [0.717, 1.165) is 23.4 Å². The molecule has 1 aromatic heterocycles. The molecule has 112 valence electrons. The van der Waals surface area contributed by atoms with Gasteiger partial charge in [-0.2, -0.15) is 0 Å². The highest BCUT2D eigenvalue weighted by atomic mass is 16.5. The highest BCUT2D eigenvalue weighted by molar-refractivity contribution is 5.33. The Balaban J connectivity index is 2.42. The van der Waals surface area contributed by atoms with Crippen LogP contribution in [0.1, 0.15) is 43.9 Å². The fourth-order valence-electron chi connectivity index (χ4n) is 2.81. The summed E-state index contributed by atoms with van der Waals surface area (Å²) in [7, 11) is 1.63. The van der Waals surface area contributed by atoms with Gasteiger partial charge in [-0.05, 0) is 30.5 Å². The first kappa shape index (κ1) is 15.4. The third-order valence-corrected chi connectivity index (χ3v) is 4.05. The molecule has 0 radical (unpaired) electrons. The van der Waals surface area contributed by atoms with Crippen LogP contribution < -0.4 is 4.74 Å². The van der Waals surface area contributed by atoms with Gasteiger partial charge in [0.25, 0.3) is 0 Å². The molecular weight excluding hydrogens is 264 g/mol. The molecule has 2 atom stereocenters. The summed E-state index contributed by atoms with van der Waals surface area (Å²) in [6.07, 6.45) is 6.44. The van der Waals surface area contributed by atoms with E-state index in [1.54, 1.807) is 25.7 Å². The molecule has 0 bridgehead atoms. The van der Waals surface area contributed by atoms with Gasteiger partial charge in [0.05, 0.1) is 18.4 Å². The number of methoxy groups -OCH3 is 1. The Morgan fingerprint density at radius 3 is 2.38 bits per heavy atom. The van der Waals surface area contributed by atoms with Gasteiger partial charge in [-0.3, -0.25) is 9.97 Å². The first-order chi connectivity index (χ1) is 10.2. The Kier molecular flexibility index (Phi) is 4.91. The molecule has 0 saturated carbocycles. The Bertz CT molecular complexity index is 557. The second-order valence-electron chi connectivity index (χ2n) is 5.10. The second-order valence-corrected chi connectivity index (χ2v) is 5.10. The Hall–Kier alpha value is -1.94. The van der Waals surface area contributed by atoms with E-state index in [1.807, 2.05) is 31.2 Å². The van der Waals surface area contributed by atoms with Crippen molar-refractivity contribution < 1.29 is 9.84 Å². The first-order valence-corrected chi connectivity index (χ1v) is 7.28. The quantitative estimate of drug-likeness (QED) is 0.885. The second kappa shape index (κ2) is 6.68. The van der Waals surface area contributed by atoms with Crippen molar-refractivity contribution in [2.24, 2.45) is 0 Å². The van der Waals surface area contributed by atoms with Crippen molar-refractivity contribution in [3.63, 3.8) is 0 Å². The molecule has 4 nitrogen and oxygen atoms in total. The highest BCUT2D eigenvalue weighted by Crippen LogP contribution is 2.41. The summed E-state index contributed by atoms with van der Waals surface area (Å²) < 4.78 is 5.18. The van der Waals surface area contributed by atoms with Crippen molar-refractivity contribution in [3.8, 4) is 5.75 Å². The molecule has 0 aliphatic carbocycles. The maximum Gasteiger partial charge on any atom is 0.118 e. The van der Waals surface area contributed by atoms with E-state index in [9.17, 15) is 5.11 Å². The normalized spacial score (nSPS) is 15.2. The molecule has 1 aromatic carbocycles. The van der Waals surface area contributed by atoms with Gasteiger partial charge in [0.2, 0.25) is 0 Å². The molecule has 2 aromatic rings. The lowest BCUT2D eigenvalue weighted by molar-refractivity contribution is 0.0000408. The van der Waals surface area contributed by atoms with Gasteiger partial charge in [0.15, 0.2) is 0 Å². The lowest BCUT2D eigenvalue weighted by Gasteiger charge is -2.35. The smallest absolute Gasteiger partial charge is 0.118 e. The van der Waals surface area contributed by atoms with E-state index < -0.39 is 5.60 Å². The zero-order valence-corrected chi connectivity index (χ0v) is 12.8. The van der Waals surface area contributed by atoms with Crippen LogP contribution in [0.25, 0.3) is 0 Å². The zero-order chi connectivity index (χ0) is 15.3. The largest absolute Gasteiger partial charge is 0.497 e. The number of ether oxygens (including phenoxy) is 1. The molecule has 0 spiro atoms. The number of rotatable bonds is 6. The van der Waals surface area contributed by atoms with E-state index in [-0.39, 0.29) is 5.92 Å². The van der Waals surface area contributed by atoms with Crippen LogP contribution in [0.5, 0.6) is 5.75 Å². The van der Waals surface area contributed by atoms with Crippen LogP contribution in [0.3, 0.4) is 0 Å². The molecule has 1 heterocycles. The molecule has 4 heteroatoms. The van der Waals surface area contributed by atoms with E-state index in [0.29, 0.717) is 6.42 Å². The predicted molar refractivity (Wildman–Crippen MR) is 82.2 cm³/mol. The maximum absolute atomic E-state index is 11.3. The molecule has 0 saturated heterocycles. The van der Waals surface area contributed by atoms with Crippen LogP contribution in [-0.2, 0) is 5.60 Å². The molecule has 1 N–H and O–H groups in total.